The van der Waals surface area contributed by atoms with Crippen LogP contribution in [0.3, 0.4) is 0 Å². The number of aliphatic hydroxyl groups excluding tert-OH is 1. The third-order valence-corrected chi connectivity index (χ3v) is 8.05. The Labute approximate surface area is 245 Å². The van der Waals surface area contributed by atoms with Crippen LogP contribution in [0.4, 0.5) is 4.79 Å². The monoisotopic (exact) mass is 562 g/mol. The highest BCUT2D eigenvalue weighted by Gasteiger charge is 2.44. The van der Waals surface area contributed by atoms with E-state index in [2.05, 4.69) is 34.9 Å². The van der Waals surface area contributed by atoms with E-state index in [9.17, 15) is 14.7 Å². The molecule has 1 aliphatic carbocycles. The van der Waals surface area contributed by atoms with Gasteiger partial charge in [-0.25, -0.2) is 4.79 Å². The smallest absolute Gasteiger partial charge is 0.407 e. The van der Waals surface area contributed by atoms with Gasteiger partial charge in [-0.15, -0.1) is 0 Å². The van der Waals surface area contributed by atoms with Crippen LogP contribution in [0.25, 0.3) is 11.1 Å². The molecule has 0 aromatic heterocycles. The van der Waals surface area contributed by atoms with Crippen molar-refractivity contribution in [1.82, 2.24) is 10.6 Å². The number of rotatable bonds is 11. The Morgan fingerprint density at radius 1 is 0.762 bits per heavy atom. The molecular formula is C35H34N2O5. The quantitative estimate of drug-likeness (QED) is 0.224. The molecule has 7 heteroatoms. The van der Waals surface area contributed by atoms with Gasteiger partial charge in [0.2, 0.25) is 5.91 Å². The zero-order chi connectivity index (χ0) is 28.9. The Hall–Kier alpha value is -4.46. The van der Waals surface area contributed by atoms with Gasteiger partial charge in [0.1, 0.15) is 18.8 Å². The Bertz CT molecular complexity index is 1480. The zero-order valence-corrected chi connectivity index (χ0v) is 23.2. The number of benzene rings is 4. The molecule has 2 amide bonds. The van der Waals surface area contributed by atoms with E-state index in [1.54, 1.807) is 0 Å². The van der Waals surface area contributed by atoms with Crippen molar-refractivity contribution in [1.29, 1.82) is 0 Å². The highest BCUT2D eigenvalue weighted by atomic mass is 16.7. The van der Waals surface area contributed by atoms with Gasteiger partial charge in [0, 0.05) is 12.3 Å². The van der Waals surface area contributed by atoms with Gasteiger partial charge in [-0.1, -0.05) is 109 Å². The third kappa shape index (κ3) is 6.38. The van der Waals surface area contributed by atoms with Crippen LogP contribution in [-0.2, 0) is 27.1 Å². The molecule has 6 rings (SSSR count). The summed E-state index contributed by atoms with van der Waals surface area (Å²) in [6.07, 6.45) is -0.465. The summed E-state index contributed by atoms with van der Waals surface area (Å²) in [5.74, 6) is -0.437. The lowest BCUT2D eigenvalue weighted by Crippen LogP contribution is -2.52. The average Bonchev–Trinajstić information content (AvgIpc) is 3.67. The first kappa shape index (κ1) is 27.7. The molecule has 0 spiro atoms. The molecule has 2 aliphatic rings. The van der Waals surface area contributed by atoms with Crippen LogP contribution < -0.4 is 10.6 Å². The van der Waals surface area contributed by atoms with E-state index in [4.69, 9.17) is 9.47 Å². The zero-order valence-electron chi connectivity index (χ0n) is 23.2. The van der Waals surface area contributed by atoms with E-state index in [1.807, 2.05) is 84.9 Å². The van der Waals surface area contributed by atoms with Gasteiger partial charge in [-0.05, 0) is 46.2 Å². The summed E-state index contributed by atoms with van der Waals surface area (Å²) < 4.78 is 11.1. The van der Waals surface area contributed by atoms with Gasteiger partial charge in [0.15, 0.2) is 6.29 Å². The SMILES string of the molecule is O=C(N[C@@H](Cc1ccccc1)C(=O)N[C@@H](CCc1ccccc1)C1OC1O)OCC1c2ccccc2-c2ccccc21. The van der Waals surface area contributed by atoms with Gasteiger partial charge in [-0.2, -0.15) is 0 Å². The molecule has 1 saturated heterocycles. The molecule has 1 fully saturated rings. The van der Waals surface area contributed by atoms with Crippen molar-refractivity contribution < 1.29 is 24.2 Å². The molecular weight excluding hydrogens is 528 g/mol. The molecule has 2 unspecified atom stereocenters. The van der Waals surface area contributed by atoms with Crippen LogP contribution in [0.1, 0.15) is 34.6 Å². The van der Waals surface area contributed by atoms with Crippen LogP contribution in [0.15, 0.2) is 109 Å². The summed E-state index contributed by atoms with van der Waals surface area (Å²) >= 11 is 0. The normalized spacial score (nSPS) is 18.3. The van der Waals surface area contributed by atoms with Gasteiger partial charge >= 0.3 is 6.09 Å². The standard InChI is InChI=1S/C35H34N2O5/c38-33(36-30(32-34(39)42-32)20-19-23-11-3-1-4-12-23)31(21-24-13-5-2-6-14-24)37-35(40)41-22-29-27-17-9-7-15-25(27)26-16-8-10-18-28(26)29/h1-18,29-32,34,39H,19-22H2,(H,36,38)(H,37,40)/t30-,31-,32?,34?/m0/s1. The van der Waals surface area contributed by atoms with Crippen LogP contribution in [-0.4, -0.2) is 48.2 Å². The lowest BCUT2D eigenvalue weighted by Gasteiger charge is -2.23. The van der Waals surface area contributed by atoms with Gasteiger partial charge in [-0.3, -0.25) is 4.79 Å². The largest absolute Gasteiger partial charge is 0.449 e. The fraction of sp³-hybridized carbons (Fsp3) is 0.257. The van der Waals surface area contributed by atoms with Crippen molar-refractivity contribution in [2.24, 2.45) is 0 Å². The predicted molar refractivity (Wildman–Crippen MR) is 160 cm³/mol. The molecule has 0 radical (unpaired) electrons. The van der Waals surface area contributed by atoms with E-state index >= 15 is 0 Å². The number of amides is 2. The van der Waals surface area contributed by atoms with E-state index < -0.39 is 30.6 Å². The number of epoxide rings is 1. The summed E-state index contributed by atoms with van der Waals surface area (Å²) in [6.45, 7) is 0.154. The number of fused-ring (bicyclic) bond motifs is 3. The number of nitrogens with one attached hydrogen (secondary N) is 2. The number of carbonyl (C=O) groups excluding carboxylic acids is 2. The molecule has 1 heterocycles. The van der Waals surface area contributed by atoms with Crippen molar-refractivity contribution in [3.8, 4) is 11.1 Å². The van der Waals surface area contributed by atoms with Crippen molar-refractivity contribution in [3.63, 3.8) is 0 Å². The van der Waals surface area contributed by atoms with Crippen LogP contribution >= 0.6 is 0 Å². The molecule has 42 heavy (non-hydrogen) atoms. The summed E-state index contributed by atoms with van der Waals surface area (Å²) in [6, 6.07) is 34.5. The van der Waals surface area contributed by atoms with Crippen LogP contribution in [0.5, 0.6) is 0 Å². The molecule has 4 atom stereocenters. The minimum Gasteiger partial charge on any atom is -0.449 e. The molecule has 0 bridgehead atoms. The topological polar surface area (TPSA) is 100 Å². The number of ether oxygens (including phenoxy) is 2. The lowest BCUT2D eigenvalue weighted by molar-refractivity contribution is -0.124. The maximum Gasteiger partial charge on any atom is 0.407 e. The third-order valence-electron chi connectivity index (χ3n) is 8.05. The first-order valence-electron chi connectivity index (χ1n) is 14.4. The van der Waals surface area contributed by atoms with Crippen molar-refractivity contribution in [2.75, 3.05) is 6.61 Å². The van der Waals surface area contributed by atoms with E-state index in [-0.39, 0.29) is 24.9 Å². The highest BCUT2D eigenvalue weighted by Crippen LogP contribution is 2.44. The van der Waals surface area contributed by atoms with Gasteiger partial charge in [0.05, 0.1) is 6.04 Å². The van der Waals surface area contributed by atoms with Crippen molar-refractivity contribution in [2.45, 2.75) is 49.7 Å². The Balaban J connectivity index is 1.13. The molecule has 214 valence electrons. The summed E-state index contributed by atoms with van der Waals surface area (Å²) in [5, 5.41) is 15.8. The van der Waals surface area contributed by atoms with Gasteiger partial charge < -0.3 is 25.2 Å². The van der Waals surface area contributed by atoms with E-state index in [0.717, 1.165) is 33.4 Å². The van der Waals surface area contributed by atoms with Crippen LogP contribution in [0, 0.1) is 0 Å². The summed E-state index contributed by atoms with van der Waals surface area (Å²) in [4.78, 5) is 26.8. The maximum atomic E-state index is 13.6. The number of aliphatic hydroxyl groups is 1. The first-order chi connectivity index (χ1) is 20.6. The molecule has 3 N–H and O–H groups in total. The number of carbonyl (C=O) groups is 2. The van der Waals surface area contributed by atoms with Crippen molar-refractivity contribution >= 4 is 12.0 Å². The minimum atomic E-state index is -0.909. The second kappa shape index (κ2) is 12.6. The molecule has 4 aromatic carbocycles. The fourth-order valence-electron chi connectivity index (χ4n) is 5.82. The highest BCUT2D eigenvalue weighted by molar-refractivity contribution is 5.86. The van der Waals surface area contributed by atoms with E-state index in [1.165, 1.54) is 0 Å². The first-order valence-corrected chi connectivity index (χ1v) is 14.4. The maximum absolute atomic E-state index is 13.6. The summed E-state index contributed by atoms with van der Waals surface area (Å²) in [5.41, 5.74) is 6.57. The van der Waals surface area contributed by atoms with Gasteiger partial charge in [0.25, 0.3) is 0 Å². The number of alkyl carbamates (subject to hydrolysis) is 1. The summed E-state index contributed by atoms with van der Waals surface area (Å²) in [7, 11) is 0. The minimum absolute atomic E-state index is 0.0829. The lowest BCUT2D eigenvalue weighted by atomic mass is 9.98. The van der Waals surface area contributed by atoms with Crippen molar-refractivity contribution in [3.05, 3.63) is 131 Å². The fourth-order valence-corrected chi connectivity index (χ4v) is 5.82. The van der Waals surface area contributed by atoms with Crippen LogP contribution in [0.2, 0.25) is 0 Å². The Morgan fingerprint density at radius 2 is 1.31 bits per heavy atom. The molecule has 1 aliphatic heterocycles. The predicted octanol–water partition coefficient (Wildman–Crippen LogP) is 4.97. The Kier molecular flexibility index (Phi) is 8.30. The number of hydrogen-bond acceptors (Lipinski definition) is 5. The molecule has 7 nitrogen and oxygen atoms in total. The van der Waals surface area contributed by atoms with E-state index in [0.29, 0.717) is 12.8 Å². The Morgan fingerprint density at radius 3 is 1.90 bits per heavy atom. The molecule has 4 aromatic rings. The second-order valence-corrected chi connectivity index (χ2v) is 10.8. The number of aryl methyl sites for hydroxylation is 1. The number of hydrogen-bond donors (Lipinski definition) is 3. The molecule has 0 saturated carbocycles. The average molecular weight is 563 g/mol. The second-order valence-electron chi connectivity index (χ2n) is 10.8.